The van der Waals surface area contributed by atoms with Gasteiger partial charge in [0.15, 0.2) is 0 Å². The zero-order chi connectivity index (χ0) is 12.8. The number of amides is 1. The molecule has 17 heavy (non-hydrogen) atoms. The van der Waals surface area contributed by atoms with Crippen LogP contribution >= 0.6 is 15.9 Å². The van der Waals surface area contributed by atoms with Crippen LogP contribution in [0.25, 0.3) is 6.08 Å². The van der Waals surface area contributed by atoms with Crippen molar-refractivity contribution in [3.63, 3.8) is 0 Å². The number of hydrogen-bond acceptors (Lipinski definition) is 2. The van der Waals surface area contributed by atoms with Gasteiger partial charge in [-0.05, 0) is 30.7 Å². The fourth-order valence-electron chi connectivity index (χ4n) is 1.11. The van der Waals surface area contributed by atoms with Crippen LogP contribution in [0.3, 0.4) is 0 Å². The van der Waals surface area contributed by atoms with Gasteiger partial charge in [0.25, 0.3) is 0 Å². The number of rotatable bonds is 4. The first-order valence-electron chi connectivity index (χ1n) is 4.96. The highest BCUT2D eigenvalue weighted by atomic mass is 79.9. The van der Waals surface area contributed by atoms with Crippen LogP contribution in [0, 0.1) is 0 Å². The summed E-state index contributed by atoms with van der Waals surface area (Å²) in [4.78, 5) is 21.9. The molecule has 1 aromatic carbocycles. The Labute approximate surface area is 107 Å². The third kappa shape index (κ3) is 4.82. The van der Waals surface area contributed by atoms with Gasteiger partial charge in [-0.2, -0.15) is 0 Å². The maximum absolute atomic E-state index is 11.3. The van der Waals surface area contributed by atoms with E-state index in [4.69, 9.17) is 5.11 Å². The van der Waals surface area contributed by atoms with Crippen molar-refractivity contribution in [3.8, 4) is 0 Å². The van der Waals surface area contributed by atoms with E-state index in [-0.39, 0.29) is 0 Å². The lowest BCUT2D eigenvalue weighted by atomic mass is 10.2. The Balaban J connectivity index is 2.59. The van der Waals surface area contributed by atoms with E-state index in [9.17, 15) is 9.59 Å². The summed E-state index contributed by atoms with van der Waals surface area (Å²) in [7, 11) is 0. The standard InChI is InChI=1S/C12H12BrNO3/c1-8(12(16)17)14-11(15)6-5-9-3-2-4-10(13)7-9/h2-8H,1H3,(H,14,15)(H,16,17)/b6-5+/t8-/m0/s1. The summed E-state index contributed by atoms with van der Waals surface area (Å²) >= 11 is 3.32. The molecular formula is C12H12BrNO3. The smallest absolute Gasteiger partial charge is 0.325 e. The van der Waals surface area contributed by atoms with Gasteiger partial charge in [-0.1, -0.05) is 28.1 Å². The number of carbonyl (C=O) groups is 2. The number of aliphatic carboxylic acids is 1. The number of carbonyl (C=O) groups excluding carboxylic acids is 1. The SMILES string of the molecule is C[C@H](NC(=O)/C=C/c1cccc(Br)c1)C(=O)O. The minimum atomic E-state index is -1.06. The summed E-state index contributed by atoms with van der Waals surface area (Å²) in [5, 5.41) is 10.9. The predicted octanol–water partition coefficient (Wildman–Crippen LogP) is 2.05. The molecule has 1 atom stereocenters. The second kappa shape index (κ2) is 6.20. The largest absolute Gasteiger partial charge is 0.480 e. The van der Waals surface area contributed by atoms with E-state index in [1.54, 1.807) is 6.08 Å². The van der Waals surface area contributed by atoms with E-state index in [0.717, 1.165) is 10.0 Å². The van der Waals surface area contributed by atoms with Crippen LogP contribution in [0.2, 0.25) is 0 Å². The number of carboxylic acids is 1. The highest BCUT2D eigenvalue weighted by molar-refractivity contribution is 9.10. The third-order valence-corrected chi connectivity index (χ3v) is 2.50. The lowest BCUT2D eigenvalue weighted by molar-refractivity contribution is -0.140. The van der Waals surface area contributed by atoms with E-state index in [1.807, 2.05) is 24.3 Å². The molecule has 0 spiro atoms. The topological polar surface area (TPSA) is 66.4 Å². The van der Waals surface area contributed by atoms with Gasteiger partial charge in [0, 0.05) is 10.5 Å². The van der Waals surface area contributed by atoms with Crippen LogP contribution in [0.15, 0.2) is 34.8 Å². The van der Waals surface area contributed by atoms with Gasteiger partial charge in [0.05, 0.1) is 0 Å². The van der Waals surface area contributed by atoms with Crippen LogP contribution in [0.1, 0.15) is 12.5 Å². The van der Waals surface area contributed by atoms with Gasteiger partial charge in [-0.15, -0.1) is 0 Å². The Hall–Kier alpha value is -1.62. The Kier molecular flexibility index (Phi) is 4.90. The van der Waals surface area contributed by atoms with Crippen molar-refractivity contribution < 1.29 is 14.7 Å². The lowest BCUT2D eigenvalue weighted by Crippen LogP contribution is -2.37. The number of carboxylic acid groups (broad SMARTS) is 1. The van der Waals surface area contributed by atoms with Crippen molar-refractivity contribution >= 4 is 33.9 Å². The minimum Gasteiger partial charge on any atom is -0.480 e. The molecule has 0 aliphatic rings. The van der Waals surface area contributed by atoms with E-state index in [1.165, 1.54) is 13.0 Å². The molecule has 0 saturated heterocycles. The number of benzene rings is 1. The molecule has 0 radical (unpaired) electrons. The molecule has 90 valence electrons. The highest BCUT2D eigenvalue weighted by Gasteiger charge is 2.11. The Morgan fingerprint density at radius 2 is 2.18 bits per heavy atom. The molecule has 0 heterocycles. The first-order chi connectivity index (χ1) is 7.99. The molecule has 1 amide bonds. The molecule has 0 unspecified atom stereocenters. The van der Waals surface area contributed by atoms with E-state index < -0.39 is 17.9 Å². The van der Waals surface area contributed by atoms with Crippen molar-refractivity contribution in [2.75, 3.05) is 0 Å². The van der Waals surface area contributed by atoms with Crippen LogP contribution in [0.5, 0.6) is 0 Å². The average Bonchev–Trinajstić information content (AvgIpc) is 2.26. The summed E-state index contributed by atoms with van der Waals surface area (Å²) in [6, 6.07) is 6.53. The summed E-state index contributed by atoms with van der Waals surface area (Å²) in [5.74, 6) is -1.49. The highest BCUT2D eigenvalue weighted by Crippen LogP contribution is 2.12. The number of hydrogen-bond donors (Lipinski definition) is 2. The van der Waals surface area contributed by atoms with E-state index in [2.05, 4.69) is 21.2 Å². The third-order valence-electron chi connectivity index (χ3n) is 2.01. The quantitative estimate of drug-likeness (QED) is 0.836. The molecule has 0 bridgehead atoms. The monoisotopic (exact) mass is 297 g/mol. The molecule has 1 aromatic rings. The van der Waals surface area contributed by atoms with Gasteiger partial charge in [-0.3, -0.25) is 9.59 Å². The average molecular weight is 298 g/mol. The maximum Gasteiger partial charge on any atom is 0.325 e. The number of halogens is 1. The van der Waals surface area contributed by atoms with E-state index >= 15 is 0 Å². The van der Waals surface area contributed by atoms with Crippen molar-refractivity contribution in [2.45, 2.75) is 13.0 Å². The zero-order valence-corrected chi connectivity index (χ0v) is 10.8. The molecule has 0 fully saturated rings. The molecular weight excluding hydrogens is 286 g/mol. The lowest BCUT2D eigenvalue weighted by Gasteiger charge is -2.05. The molecule has 1 rings (SSSR count). The zero-order valence-electron chi connectivity index (χ0n) is 9.18. The molecule has 5 heteroatoms. The Morgan fingerprint density at radius 1 is 1.47 bits per heavy atom. The second-order valence-electron chi connectivity index (χ2n) is 3.46. The molecule has 4 nitrogen and oxygen atoms in total. The van der Waals surface area contributed by atoms with Gasteiger partial charge in [-0.25, -0.2) is 0 Å². The molecule has 0 aliphatic carbocycles. The summed E-state index contributed by atoms with van der Waals surface area (Å²) in [5.41, 5.74) is 0.859. The second-order valence-corrected chi connectivity index (χ2v) is 4.37. The van der Waals surface area contributed by atoms with Gasteiger partial charge >= 0.3 is 5.97 Å². The van der Waals surface area contributed by atoms with E-state index in [0.29, 0.717) is 0 Å². The van der Waals surface area contributed by atoms with Gasteiger partial charge in [0.2, 0.25) is 5.91 Å². The van der Waals surface area contributed by atoms with Crippen molar-refractivity contribution in [3.05, 3.63) is 40.4 Å². The van der Waals surface area contributed by atoms with Crippen LogP contribution in [0.4, 0.5) is 0 Å². The fraction of sp³-hybridized carbons (Fsp3) is 0.167. The summed E-state index contributed by atoms with van der Waals surface area (Å²) in [6.45, 7) is 1.41. The van der Waals surface area contributed by atoms with Crippen LogP contribution < -0.4 is 5.32 Å². The predicted molar refractivity (Wildman–Crippen MR) is 68.4 cm³/mol. The molecule has 0 aliphatic heterocycles. The van der Waals surface area contributed by atoms with Crippen molar-refractivity contribution in [1.82, 2.24) is 5.32 Å². The molecule has 0 aromatic heterocycles. The summed E-state index contributed by atoms with van der Waals surface area (Å²) < 4.78 is 0.916. The Morgan fingerprint density at radius 3 is 2.76 bits per heavy atom. The first-order valence-corrected chi connectivity index (χ1v) is 5.75. The molecule has 0 saturated carbocycles. The van der Waals surface area contributed by atoms with Crippen LogP contribution in [-0.4, -0.2) is 23.0 Å². The van der Waals surface area contributed by atoms with Crippen molar-refractivity contribution in [1.29, 1.82) is 0 Å². The molecule has 2 N–H and O–H groups in total. The first kappa shape index (κ1) is 13.4. The fourth-order valence-corrected chi connectivity index (χ4v) is 1.52. The van der Waals surface area contributed by atoms with Gasteiger partial charge in [0.1, 0.15) is 6.04 Å². The minimum absolute atomic E-state index is 0.431. The normalized spacial score (nSPS) is 12.4. The maximum atomic E-state index is 11.3. The summed E-state index contributed by atoms with van der Waals surface area (Å²) in [6.07, 6.45) is 2.93. The van der Waals surface area contributed by atoms with Crippen LogP contribution in [-0.2, 0) is 9.59 Å². The van der Waals surface area contributed by atoms with Gasteiger partial charge < -0.3 is 10.4 Å². The Bertz CT molecular complexity index is 457. The van der Waals surface area contributed by atoms with Crippen molar-refractivity contribution in [2.24, 2.45) is 0 Å². The number of nitrogens with one attached hydrogen (secondary N) is 1.